The third kappa shape index (κ3) is 3.87. The maximum atomic E-state index is 12.5. The van der Waals surface area contributed by atoms with Crippen molar-refractivity contribution in [2.75, 3.05) is 11.9 Å². The molecule has 0 N–H and O–H groups in total. The molecule has 0 heterocycles. The van der Waals surface area contributed by atoms with Crippen molar-refractivity contribution >= 4 is 11.6 Å². The number of nitrogens with zero attached hydrogens (tertiary/aromatic N) is 1. The van der Waals surface area contributed by atoms with Crippen LogP contribution in [-0.4, -0.2) is 13.0 Å². The van der Waals surface area contributed by atoms with E-state index in [-0.39, 0.29) is 11.3 Å². The molecule has 2 aromatic carbocycles. The van der Waals surface area contributed by atoms with E-state index in [9.17, 15) is 31.1 Å². The first-order valence-corrected chi connectivity index (χ1v) is 6.63. The molecule has 0 radical (unpaired) electrons. The first-order chi connectivity index (χ1) is 11.0. The summed E-state index contributed by atoms with van der Waals surface area (Å²) in [6.45, 7) is 0. The van der Waals surface area contributed by atoms with Crippen LogP contribution in [0.2, 0.25) is 0 Å². The first-order valence-electron chi connectivity index (χ1n) is 6.63. The van der Waals surface area contributed by atoms with Gasteiger partial charge in [0.25, 0.3) is 5.91 Å². The number of hydrogen-bond donors (Lipinski definition) is 0. The third-order valence-electron chi connectivity index (χ3n) is 3.35. The Balaban J connectivity index is 2.20. The molecule has 0 saturated heterocycles. The highest BCUT2D eigenvalue weighted by atomic mass is 19.4. The van der Waals surface area contributed by atoms with E-state index in [0.717, 1.165) is 53.4 Å². The third-order valence-corrected chi connectivity index (χ3v) is 3.35. The van der Waals surface area contributed by atoms with Crippen molar-refractivity contribution in [1.29, 1.82) is 0 Å². The van der Waals surface area contributed by atoms with E-state index >= 15 is 0 Å². The molecule has 8 heteroatoms. The van der Waals surface area contributed by atoms with E-state index in [0.29, 0.717) is 0 Å². The highest BCUT2D eigenvalue weighted by Gasteiger charge is 2.31. The molecule has 0 aromatic heterocycles. The van der Waals surface area contributed by atoms with Crippen molar-refractivity contribution in [1.82, 2.24) is 0 Å². The van der Waals surface area contributed by atoms with Crippen LogP contribution in [-0.2, 0) is 12.4 Å². The van der Waals surface area contributed by atoms with Crippen molar-refractivity contribution in [2.24, 2.45) is 0 Å². The second kappa shape index (κ2) is 6.18. The Kier molecular flexibility index (Phi) is 4.59. The summed E-state index contributed by atoms with van der Waals surface area (Å²) in [5.41, 5.74) is -1.57. The van der Waals surface area contributed by atoms with E-state index in [1.165, 1.54) is 7.05 Å². The van der Waals surface area contributed by atoms with Gasteiger partial charge in [0.1, 0.15) is 0 Å². The molecule has 2 aromatic rings. The van der Waals surface area contributed by atoms with E-state index in [2.05, 4.69) is 0 Å². The van der Waals surface area contributed by atoms with Gasteiger partial charge in [0.2, 0.25) is 0 Å². The van der Waals surface area contributed by atoms with E-state index in [1.807, 2.05) is 0 Å². The first kappa shape index (κ1) is 17.8. The number of benzene rings is 2. The number of alkyl halides is 6. The summed E-state index contributed by atoms with van der Waals surface area (Å²) in [5.74, 6) is -0.636. The zero-order valence-electron chi connectivity index (χ0n) is 12.2. The van der Waals surface area contributed by atoms with Crippen LogP contribution in [0.15, 0.2) is 48.5 Å². The summed E-state index contributed by atoms with van der Waals surface area (Å²) in [7, 11) is 1.32. The van der Waals surface area contributed by atoms with Crippen LogP contribution in [0.5, 0.6) is 0 Å². The van der Waals surface area contributed by atoms with Crippen LogP contribution in [0.25, 0.3) is 0 Å². The van der Waals surface area contributed by atoms with Crippen LogP contribution in [0, 0.1) is 0 Å². The lowest BCUT2D eigenvalue weighted by molar-refractivity contribution is -0.138. The number of halogens is 6. The molecule has 128 valence electrons. The van der Waals surface area contributed by atoms with Gasteiger partial charge in [-0.1, -0.05) is 0 Å². The van der Waals surface area contributed by atoms with Gasteiger partial charge in [-0.15, -0.1) is 0 Å². The Morgan fingerprint density at radius 3 is 1.50 bits per heavy atom. The highest BCUT2D eigenvalue weighted by Crippen LogP contribution is 2.31. The van der Waals surface area contributed by atoms with Crippen LogP contribution in [0.1, 0.15) is 21.5 Å². The maximum Gasteiger partial charge on any atom is 0.416 e. The molecule has 0 saturated carbocycles. The van der Waals surface area contributed by atoms with Crippen LogP contribution >= 0.6 is 0 Å². The Bertz CT molecular complexity index is 716. The maximum absolute atomic E-state index is 12.5. The van der Waals surface area contributed by atoms with Gasteiger partial charge in [-0.25, -0.2) is 0 Å². The molecule has 1 amide bonds. The smallest absolute Gasteiger partial charge is 0.311 e. The standard InChI is InChI=1S/C16H11F6NO/c1-23(13-8-6-12(7-9-13)16(20,21)22)14(24)10-2-4-11(5-3-10)15(17,18)19/h2-9H,1H3. The minimum atomic E-state index is -4.51. The quantitative estimate of drug-likeness (QED) is 0.700. The van der Waals surface area contributed by atoms with Crippen LogP contribution < -0.4 is 4.90 Å². The number of rotatable bonds is 2. The molecule has 0 fully saturated rings. The Morgan fingerprint density at radius 1 is 0.750 bits per heavy atom. The van der Waals surface area contributed by atoms with Gasteiger partial charge in [-0.3, -0.25) is 4.79 Å². The summed E-state index contributed by atoms with van der Waals surface area (Å²) in [4.78, 5) is 13.3. The molecule has 2 nitrogen and oxygen atoms in total. The topological polar surface area (TPSA) is 20.3 Å². The molecule has 0 spiro atoms. The molecule has 0 atom stereocenters. The summed E-state index contributed by atoms with van der Waals surface area (Å²) >= 11 is 0. The van der Waals surface area contributed by atoms with Gasteiger partial charge in [-0.05, 0) is 48.5 Å². The number of amides is 1. The number of carbonyl (C=O) groups excluding carboxylic acids is 1. The molecule has 0 aliphatic rings. The lowest BCUT2D eigenvalue weighted by atomic mass is 10.1. The fourth-order valence-electron chi connectivity index (χ4n) is 1.99. The van der Waals surface area contributed by atoms with Crippen LogP contribution in [0.3, 0.4) is 0 Å². The zero-order valence-corrected chi connectivity index (χ0v) is 12.2. The van der Waals surface area contributed by atoms with Crippen molar-refractivity contribution < 1.29 is 31.1 Å². The molecule has 0 aliphatic heterocycles. The molecular formula is C16H11F6NO. The Hall–Kier alpha value is -2.51. The summed E-state index contributed by atoms with van der Waals surface area (Å²) in [6.07, 6.45) is -9.00. The molecule has 0 bridgehead atoms. The average Bonchev–Trinajstić information content (AvgIpc) is 2.52. The van der Waals surface area contributed by atoms with Crippen molar-refractivity contribution in [2.45, 2.75) is 12.4 Å². The monoisotopic (exact) mass is 347 g/mol. The van der Waals surface area contributed by atoms with Crippen LogP contribution in [0.4, 0.5) is 32.0 Å². The van der Waals surface area contributed by atoms with Crippen molar-refractivity contribution in [3.05, 3.63) is 65.2 Å². The molecule has 0 aliphatic carbocycles. The van der Waals surface area contributed by atoms with Gasteiger partial charge < -0.3 is 4.90 Å². The lowest BCUT2D eigenvalue weighted by Gasteiger charge is -2.18. The molecule has 2 rings (SSSR count). The summed E-state index contributed by atoms with van der Waals surface area (Å²) < 4.78 is 75.0. The zero-order chi connectivity index (χ0) is 18.1. The fraction of sp³-hybridized carbons (Fsp3) is 0.188. The van der Waals surface area contributed by atoms with Gasteiger partial charge in [0.15, 0.2) is 0 Å². The van der Waals surface area contributed by atoms with Gasteiger partial charge in [0.05, 0.1) is 11.1 Å². The fourth-order valence-corrected chi connectivity index (χ4v) is 1.99. The second-order valence-electron chi connectivity index (χ2n) is 4.98. The summed E-state index contributed by atoms with van der Waals surface area (Å²) in [5, 5.41) is 0. The van der Waals surface area contributed by atoms with Crippen molar-refractivity contribution in [3.8, 4) is 0 Å². The average molecular weight is 347 g/mol. The number of anilines is 1. The SMILES string of the molecule is CN(C(=O)c1ccc(C(F)(F)F)cc1)c1ccc(C(F)(F)F)cc1. The van der Waals surface area contributed by atoms with Gasteiger partial charge in [0, 0.05) is 18.3 Å². The lowest BCUT2D eigenvalue weighted by Crippen LogP contribution is -2.26. The Labute approximate surface area is 133 Å². The molecular weight excluding hydrogens is 336 g/mol. The predicted molar refractivity (Wildman–Crippen MR) is 75.6 cm³/mol. The molecule has 0 unspecified atom stereocenters. The second-order valence-corrected chi connectivity index (χ2v) is 4.98. The van der Waals surface area contributed by atoms with E-state index in [1.54, 1.807) is 0 Å². The minimum Gasteiger partial charge on any atom is -0.311 e. The van der Waals surface area contributed by atoms with Crippen molar-refractivity contribution in [3.63, 3.8) is 0 Å². The minimum absolute atomic E-state index is 0.00889. The van der Waals surface area contributed by atoms with Gasteiger partial charge in [-0.2, -0.15) is 26.3 Å². The van der Waals surface area contributed by atoms with E-state index < -0.39 is 29.4 Å². The normalized spacial score (nSPS) is 12.1. The summed E-state index contributed by atoms with van der Waals surface area (Å²) in [6, 6.07) is 7.46. The highest BCUT2D eigenvalue weighted by molar-refractivity contribution is 6.05. The van der Waals surface area contributed by atoms with Gasteiger partial charge >= 0.3 is 12.4 Å². The largest absolute Gasteiger partial charge is 0.416 e. The molecule has 24 heavy (non-hydrogen) atoms. The number of carbonyl (C=O) groups is 1. The van der Waals surface area contributed by atoms with E-state index in [4.69, 9.17) is 0 Å². The Morgan fingerprint density at radius 2 is 1.12 bits per heavy atom. The number of hydrogen-bond acceptors (Lipinski definition) is 1. The predicted octanol–water partition coefficient (Wildman–Crippen LogP) is 5.00.